The molecule has 3 nitrogen and oxygen atoms in total. The molecule has 6 heteroatoms. The van der Waals surface area contributed by atoms with Gasteiger partial charge in [-0.15, -0.1) is 11.3 Å². The number of benzene rings is 1. The number of nitrogens with zero attached hydrogens (tertiary/aromatic N) is 1. The summed E-state index contributed by atoms with van der Waals surface area (Å²) in [5, 5.41) is 11.1. The average molecular weight is 257 g/mol. The van der Waals surface area contributed by atoms with Crippen molar-refractivity contribution in [3.05, 3.63) is 34.7 Å². The number of aliphatic hydroxyl groups is 1. The fraction of sp³-hybridized carbons (Fsp3) is 0.182. The van der Waals surface area contributed by atoms with E-state index in [1.54, 1.807) is 23.6 Å². The van der Waals surface area contributed by atoms with Gasteiger partial charge < -0.3 is 9.84 Å². The Hall–Kier alpha value is -1.53. The van der Waals surface area contributed by atoms with Crippen LogP contribution in [-0.2, 0) is 6.61 Å². The van der Waals surface area contributed by atoms with Crippen LogP contribution in [0.2, 0.25) is 0 Å². The zero-order chi connectivity index (χ0) is 12.3. The molecule has 17 heavy (non-hydrogen) atoms. The van der Waals surface area contributed by atoms with E-state index in [1.807, 2.05) is 0 Å². The van der Waals surface area contributed by atoms with E-state index in [0.29, 0.717) is 16.3 Å². The smallest absolute Gasteiger partial charge is 0.387 e. The zero-order valence-electron chi connectivity index (χ0n) is 8.64. The van der Waals surface area contributed by atoms with Crippen LogP contribution < -0.4 is 4.74 Å². The first-order chi connectivity index (χ1) is 8.20. The number of para-hydroxylation sites is 1. The van der Waals surface area contributed by atoms with Gasteiger partial charge in [0, 0.05) is 10.9 Å². The standard InChI is InChI=1S/C11H9F2NO2S/c12-11(13)16-9-4-2-1-3-7(9)8-6-17-10(5-15)14-8/h1-4,6,11,15H,5H2. The second-order valence-corrected chi connectivity index (χ2v) is 4.10. The summed E-state index contributed by atoms with van der Waals surface area (Å²) in [5.74, 6) is 0.0808. The normalized spacial score (nSPS) is 10.8. The Balaban J connectivity index is 2.36. The number of thiazole rings is 1. The highest BCUT2D eigenvalue weighted by Gasteiger charge is 2.12. The predicted molar refractivity (Wildman–Crippen MR) is 60.1 cm³/mol. The number of aromatic nitrogens is 1. The molecule has 0 aliphatic heterocycles. The molecule has 0 aliphatic rings. The van der Waals surface area contributed by atoms with Crippen molar-refractivity contribution in [3.8, 4) is 17.0 Å². The molecule has 0 fully saturated rings. The topological polar surface area (TPSA) is 42.4 Å². The Bertz CT molecular complexity index is 502. The summed E-state index contributed by atoms with van der Waals surface area (Å²) in [6, 6.07) is 6.43. The van der Waals surface area contributed by atoms with Crippen LogP contribution >= 0.6 is 11.3 Å². The Morgan fingerprint density at radius 1 is 1.35 bits per heavy atom. The maximum atomic E-state index is 12.2. The highest BCUT2D eigenvalue weighted by Crippen LogP contribution is 2.31. The number of hydrogen-bond donors (Lipinski definition) is 1. The Kier molecular flexibility index (Phi) is 3.65. The van der Waals surface area contributed by atoms with E-state index in [-0.39, 0.29) is 12.4 Å². The second-order valence-electron chi connectivity index (χ2n) is 3.16. The molecular weight excluding hydrogens is 248 g/mol. The first kappa shape index (κ1) is 11.9. The van der Waals surface area contributed by atoms with Crippen molar-refractivity contribution in [2.75, 3.05) is 0 Å². The number of ether oxygens (including phenoxy) is 1. The molecule has 90 valence electrons. The average Bonchev–Trinajstić information content (AvgIpc) is 2.77. The van der Waals surface area contributed by atoms with E-state index in [2.05, 4.69) is 9.72 Å². The van der Waals surface area contributed by atoms with Gasteiger partial charge in [0.05, 0.1) is 12.3 Å². The molecule has 2 rings (SSSR count). The Morgan fingerprint density at radius 2 is 2.12 bits per heavy atom. The predicted octanol–water partition coefficient (Wildman–Crippen LogP) is 2.90. The van der Waals surface area contributed by atoms with Crippen LogP contribution in [-0.4, -0.2) is 16.7 Å². The van der Waals surface area contributed by atoms with Crippen molar-refractivity contribution in [1.82, 2.24) is 4.98 Å². The number of halogens is 2. The minimum Gasteiger partial charge on any atom is -0.434 e. The van der Waals surface area contributed by atoms with Gasteiger partial charge in [0.2, 0.25) is 0 Å². The monoisotopic (exact) mass is 257 g/mol. The van der Waals surface area contributed by atoms with Gasteiger partial charge in [-0.3, -0.25) is 0 Å². The molecular formula is C11H9F2NO2S. The lowest BCUT2D eigenvalue weighted by Gasteiger charge is -2.08. The van der Waals surface area contributed by atoms with E-state index in [1.165, 1.54) is 17.4 Å². The third kappa shape index (κ3) is 2.78. The van der Waals surface area contributed by atoms with Crippen molar-refractivity contribution >= 4 is 11.3 Å². The largest absolute Gasteiger partial charge is 0.434 e. The molecule has 0 radical (unpaired) electrons. The van der Waals surface area contributed by atoms with E-state index in [4.69, 9.17) is 5.11 Å². The molecule has 0 aliphatic carbocycles. The SMILES string of the molecule is OCc1nc(-c2ccccc2OC(F)F)cs1. The van der Waals surface area contributed by atoms with Gasteiger partial charge in [-0.25, -0.2) is 4.98 Å². The number of rotatable bonds is 4. The van der Waals surface area contributed by atoms with Crippen LogP contribution in [0.25, 0.3) is 11.3 Å². The van der Waals surface area contributed by atoms with E-state index < -0.39 is 6.61 Å². The van der Waals surface area contributed by atoms with Crippen molar-refractivity contribution in [2.24, 2.45) is 0 Å². The number of alkyl halides is 2. The molecule has 0 unspecified atom stereocenters. The number of hydrogen-bond acceptors (Lipinski definition) is 4. The van der Waals surface area contributed by atoms with Crippen LogP contribution in [0.1, 0.15) is 5.01 Å². The van der Waals surface area contributed by atoms with Gasteiger partial charge >= 0.3 is 6.61 Å². The van der Waals surface area contributed by atoms with E-state index in [0.717, 1.165) is 0 Å². The minimum absolute atomic E-state index is 0.0808. The fourth-order valence-electron chi connectivity index (χ4n) is 1.38. The summed E-state index contributed by atoms with van der Waals surface area (Å²) in [7, 11) is 0. The van der Waals surface area contributed by atoms with Crippen LogP contribution in [0.4, 0.5) is 8.78 Å². The lowest BCUT2D eigenvalue weighted by Crippen LogP contribution is -2.03. The quantitative estimate of drug-likeness (QED) is 0.915. The van der Waals surface area contributed by atoms with Crippen molar-refractivity contribution in [3.63, 3.8) is 0 Å². The Labute approximate surface area is 100 Å². The molecule has 0 saturated carbocycles. The summed E-state index contributed by atoms with van der Waals surface area (Å²) >= 11 is 1.27. The molecule has 0 atom stereocenters. The van der Waals surface area contributed by atoms with Crippen LogP contribution in [0.3, 0.4) is 0 Å². The van der Waals surface area contributed by atoms with Crippen molar-refractivity contribution < 1.29 is 18.6 Å². The first-order valence-electron chi connectivity index (χ1n) is 4.80. The van der Waals surface area contributed by atoms with E-state index >= 15 is 0 Å². The third-order valence-corrected chi connectivity index (χ3v) is 2.90. The highest BCUT2D eigenvalue weighted by molar-refractivity contribution is 7.09. The number of aliphatic hydroxyl groups excluding tert-OH is 1. The van der Waals surface area contributed by atoms with Crippen LogP contribution in [0, 0.1) is 0 Å². The Morgan fingerprint density at radius 3 is 2.76 bits per heavy atom. The molecule has 1 N–H and O–H groups in total. The molecule has 0 bridgehead atoms. The summed E-state index contributed by atoms with van der Waals surface area (Å²) in [6.07, 6.45) is 0. The van der Waals surface area contributed by atoms with Gasteiger partial charge in [-0.05, 0) is 12.1 Å². The minimum atomic E-state index is -2.87. The maximum absolute atomic E-state index is 12.2. The molecule has 0 amide bonds. The van der Waals surface area contributed by atoms with Crippen LogP contribution in [0.15, 0.2) is 29.6 Å². The molecule has 2 aromatic rings. The highest BCUT2D eigenvalue weighted by atomic mass is 32.1. The van der Waals surface area contributed by atoms with Crippen molar-refractivity contribution in [2.45, 2.75) is 13.2 Å². The lowest BCUT2D eigenvalue weighted by atomic mass is 10.1. The van der Waals surface area contributed by atoms with E-state index in [9.17, 15) is 8.78 Å². The molecule has 0 saturated heterocycles. The summed E-state index contributed by atoms with van der Waals surface area (Å²) in [4.78, 5) is 4.11. The third-order valence-electron chi connectivity index (χ3n) is 2.07. The molecule has 1 heterocycles. The summed E-state index contributed by atoms with van der Waals surface area (Å²) < 4.78 is 28.8. The van der Waals surface area contributed by atoms with Crippen LogP contribution in [0.5, 0.6) is 5.75 Å². The summed E-state index contributed by atoms with van der Waals surface area (Å²) in [5.41, 5.74) is 1.01. The van der Waals surface area contributed by atoms with Gasteiger partial charge in [-0.2, -0.15) is 8.78 Å². The molecule has 0 spiro atoms. The molecule has 1 aromatic heterocycles. The van der Waals surface area contributed by atoms with Gasteiger partial charge in [0.25, 0.3) is 0 Å². The fourth-order valence-corrected chi connectivity index (χ4v) is 2.04. The van der Waals surface area contributed by atoms with Gasteiger partial charge in [-0.1, -0.05) is 12.1 Å². The van der Waals surface area contributed by atoms with Gasteiger partial charge in [0.1, 0.15) is 10.8 Å². The lowest BCUT2D eigenvalue weighted by molar-refractivity contribution is -0.0494. The van der Waals surface area contributed by atoms with Gasteiger partial charge in [0.15, 0.2) is 0 Å². The zero-order valence-corrected chi connectivity index (χ0v) is 9.45. The molecule has 1 aromatic carbocycles. The van der Waals surface area contributed by atoms with Crippen molar-refractivity contribution in [1.29, 1.82) is 0 Å². The summed E-state index contributed by atoms with van der Waals surface area (Å²) in [6.45, 7) is -3.03. The first-order valence-corrected chi connectivity index (χ1v) is 5.68. The maximum Gasteiger partial charge on any atom is 0.387 e. The second kappa shape index (κ2) is 5.20.